The van der Waals surface area contributed by atoms with Crippen LogP contribution in [0.5, 0.6) is 5.75 Å². The Hall–Kier alpha value is -0.510. The normalized spacial score (nSPS) is 9.77. The van der Waals surface area contributed by atoms with Gasteiger partial charge in [-0.25, -0.2) is 0 Å². The molecular weight excluding hydrogens is 275 g/mol. The molecule has 1 N–H and O–H groups in total. The maximum Gasteiger partial charge on any atom is 0.120 e. The van der Waals surface area contributed by atoms with Crippen molar-refractivity contribution < 1.29 is 5.11 Å². The second-order valence-corrected chi connectivity index (χ2v) is 4.50. The van der Waals surface area contributed by atoms with Crippen LogP contribution in [0.1, 0.15) is 19.4 Å². The fourth-order valence-electron chi connectivity index (χ4n) is 1.02. The van der Waals surface area contributed by atoms with Crippen molar-refractivity contribution >= 4 is 22.6 Å². The Balaban J connectivity index is 2.84. The number of rotatable bonds is 2. The molecule has 0 amide bonds. The molecule has 1 aromatic rings. The zero-order valence-electron chi connectivity index (χ0n) is 7.84. The molecule has 0 heterocycles. The lowest BCUT2D eigenvalue weighted by Crippen LogP contribution is -1.84. The third-order valence-electron chi connectivity index (χ3n) is 1.78. The van der Waals surface area contributed by atoms with Gasteiger partial charge in [0.1, 0.15) is 5.75 Å². The number of hydrogen-bond donors (Lipinski definition) is 1. The standard InChI is InChI=1S/C11H13IO/c1-8(2)3-4-9-5-6-10(12)7-11(9)13/h3,5-7,13H,4H2,1-2H3. The molecule has 1 aromatic carbocycles. The average Bonchev–Trinajstić information content (AvgIpc) is 2.02. The van der Waals surface area contributed by atoms with Crippen LogP contribution in [0.3, 0.4) is 0 Å². The van der Waals surface area contributed by atoms with Crippen LogP contribution in [0.15, 0.2) is 29.8 Å². The smallest absolute Gasteiger partial charge is 0.120 e. The third kappa shape index (κ3) is 3.38. The Labute approximate surface area is 92.6 Å². The first-order valence-corrected chi connectivity index (χ1v) is 5.28. The number of hydrogen-bond acceptors (Lipinski definition) is 1. The van der Waals surface area contributed by atoms with Gasteiger partial charge in [0.15, 0.2) is 0 Å². The Bertz CT molecular complexity index is 325. The number of allylic oxidation sites excluding steroid dienone is 2. The van der Waals surface area contributed by atoms with Crippen molar-refractivity contribution in [3.05, 3.63) is 39.0 Å². The SMILES string of the molecule is CC(C)=CCc1ccc(I)cc1O. The van der Waals surface area contributed by atoms with Crippen molar-refractivity contribution in [3.63, 3.8) is 0 Å². The molecule has 0 aromatic heterocycles. The fraction of sp³-hybridized carbons (Fsp3) is 0.273. The van der Waals surface area contributed by atoms with Crippen molar-refractivity contribution in [2.24, 2.45) is 0 Å². The lowest BCUT2D eigenvalue weighted by molar-refractivity contribution is 0.469. The van der Waals surface area contributed by atoms with Crippen molar-refractivity contribution in [1.82, 2.24) is 0 Å². The Morgan fingerprint density at radius 2 is 2.15 bits per heavy atom. The van der Waals surface area contributed by atoms with Gasteiger partial charge < -0.3 is 5.11 Å². The largest absolute Gasteiger partial charge is 0.508 e. The van der Waals surface area contributed by atoms with Crippen LogP contribution in [-0.2, 0) is 6.42 Å². The van der Waals surface area contributed by atoms with E-state index in [1.165, 1.54) is 5.57 Å². The van der Waals surface area contributed by atoms with E-state index < -0.39 is 0 Å². The molecule has 0 unspecified atom stereocenters. The second kappa shape index (κ2) is 4.65. The number of phenols is 1. The molecule has 0 saturated heterocycles. The first-order valence-electron chi connectivity index (χ1n) is 4.20. The van der Waals surface area contributed by atoms with E-state index >= 15 is 0 Å². The van der Waals surface area contributed by atoms with E-state index in [1.54, 1.807) is 6.07 Å². The highest BCUT2D eigenvalue weighted by atomic mass is 127. The minimum Gasteiger partial charge on any atom is -0.508 e. The lowest BCUT2D eigenvalue weighted by Gasteiger charge is -2.01. The first-order chi connectivity index (χ1) is 6.09. The summed E-state index contributed by atoms with van der Waals surface area (Å²) in [6.07, 6.45) is 2.92. The quantitative estimate of drug-likeness (QED) is 0.652. The van der Waals surface area contributed by atoms with Gasteiger partial charge in [0.2, 0.25) is 0 Å². The summed E-state index contributed by atoms with van der Waals surface area (Å²) in [7, 11) is 0. The number of phenolic OH excluding ortho intramolecular Hbond substituents is 1. The zero-order valence-corrected chi connectivity index (χ0v) is 10.00. The number of aromatic hydroxyl groups is 1. The first kappa shape index (κ1) is 10.6. The highest BCUT2D eigenvalue weighted by Crippen LogP contribution is 2.20. The summed E-state index contributed by atoms with van der Waals surface area (Å²) < 4.78 is 1.07. The summed E-state index contributed by atoms with van der Waals surface area (Å²) in [6, 6.07) is 5.76. The highest BCUT2D eigenvalue weighted by Gasteiger charge is 1.98. The van der Waals surface area contributed by atoms with Crippen molar-refractivity contribution in [2.45, 2.75) is 20.3 Å². The molecule has 2 heteroatoms. The molecule has 0 bridgehead atoms. The molecule has 0 atom stereocenters. The molecule has 0 spiro atoms. The minimum absolute atomic E-state index is 0.393. The molecular formula is C11H13IO. The van der Waals surface area contributed by atoms with Crippen LogP contribution in [0.4, 0.5) is 0 Å². The number of halogens is 1. The summed E-state index contributed by atoms with van der Waals surface area (Å²) in [4.78, 5) is 0. The summed E-state index contributed by atoms with van der Waals surface area (Å²) >= 11 is 2.19. The molecule has 13 heavy (non-hydrogen) atoms. The number of benzene rings is 1. The maximum absolute atomic E-state index is 9.57. The summed E-state index contributed by atoms with van der Waals surface area (Å²) in [5, 5.41) is 9.57. The summed E-state index contributed by atoms with van der Waals surface area (Å²) in [5.41, 5.74) is 2.26. The van der Waals surface area contributed by atoms with E-state index in [4.69, 9.17) is 0 Å². The van der Waals surface area contributed by atoms with E-state index in [0.29, 0.717) is 5.75 Å². The van der Waals surface area contributed by atoms with Gasteiger partial charge in [-0.1, -0.05) is 17.7 Å². The van der Waals surface area contributed by atoms with Gasteiger partial charge in [-0.05, 0) is 60.6 Å². The Morgan fingerprint density at radius 3 is 2.69 bits per heavy atom. The average molecular weight is 288 g/mol. The van der Waals surface area contributed by atoms with Gasteiger partial charge >= 0.3 is 0 Å². The molecule has 0 aliphatic carbocycles. The van der Waals surface area contributed by atoms with Crippen LogP contribution in [0.25, 0.3) is 0 Å². The van der Waals surface area contributed by atoms with Crippen LogP contribution in [-0.4, -0.2) is 5.11 Å². The predicted molar refractivity (Wildman–Crippen MR) is 64.0 cm³/mol. The molecule has 0 radical (unpaired) electrons. The maximum atomic E-state index is 9.57. The topological polar surface area (TPSA) is 20.2 Å². The second-order valence-electron chi connectivity index (χ2n) is 3.26. The van der Waals surface area contributed by atoms with Crippen LogP contribution in [0, 0.1) is 3.57 Å². The summed E-state index contributed by atoms with van der Waals surface area (Å²) in [5.74, 6) is 0.393. The monoisotopic (exact) mass is 288 g/mol. The molecule has 0 aliphatic heterocycles. The fourth-order valence-corrected chi connectivity index (χ4v) is 1.50. The van der Waals surface area contributed by atoms with E-state index in [9.17, 15) is 5.11 Å². The zero-order chi connectivity index (χ0) is 9.84. The van der Waals surface area contributed by atoms with Gasteiger partial charge in [-0.2, -0.15) is 0 Å². The Kier molecular flexibility index (Phi) is 3.78. The molecule has 1 nitrogen and oxygen atoms in total. The van der Waals surface area contributed by atoms with Crippen LogP contribution < -0.4 is 0 Å². The van der Waals surface area contributed by atoms with E-state index in [2.05, 4.69) is 42.5 Å². The van der Waals surface area contributed by atoms with Gasteiger partial charge in [0.05, 0.1) is 0 Å². The predicted octanol–water partition coefficient (Wildman–Crippen LogP) is 3.51. The van der Waals surface area contributed by atoms with Crippen molar-refractivity contribution in [3.8, 4) is 5.75 Å². The van der Waals surface area contributed by atoms with Gasteiger partial charge in [0.25, 0.3) is 0 Å². The van der Waals surface area contributed by atoms with Crippen molar-refractivity contribution in [2.75, 3.05) is 0 Å². The minimum atomic E-state index is 0.393. The molecule has 1 rings (SSSR count). The third-order valence-corrected chi connectivity index (χ3v) is 2.45. The van der Waals surface area contributed by atoms with Gasteiger partial charge in [-0.3, -0.25) is 0 Å². The Morgan fingerprint density at radius 1 is 1.46 bits per heavy atom. The van der Waals surface area contributed by atoms with Gasteiger partial charge in [0, 0.05) is 3.57 Å². The summed E-state index contributed by atoms with van der Waals surface area (Å²) in [6.45, 7) is 4.12. The van der Waals surface area contributed by atoms with Gasteiger partial charge in [-0.15, -0.1) is 0 Å². The van der Waals surface area contributed by atoms with Crippen LogP contribution in [0.2, 0.25) is 0 Å². The highest BCUT2D eigenvalue weighted by molar-refractivity contribution is 14.1. The molecule has 0 aliphatic rings. The van der Waals surface area contributed by atoms with E-state index in [0.717, 1.165) is 15.6 Å². The van der Waals surface area contributed by atoms with E-state index in [-0.39, 0.29) is 0 Å². The van der Waals surface area contributed by atoms with Crippen molar-refractivity contribution in [1.29, 1.82) is 0 Å². The molecule has 0 fully saturated rings. The molecule has 70 valence electrons. The lowest BCUT2D eigenvalue weighted by atomic mass is 10.1. The molecule has 0 saturated carbocycles. The van der Waals surface area contributed by atoms with E-state index in [1.807, 2.05) is 12.1 Å². The van der Waals surface area contributed by atoms with Crippen LogP contribution >= 0.6 is 22.6 Å².